The topological polar surface area (TPSA) is 29.9 Å². The molecule has 1 N–H and O–H groups in total. The highest BCUT2D eigenvalue weighted by molar-refractivity contribution is 5.78. The van der Waals surface area contributed by atoms with Gasteiger partial charge in [-0.25, -0.2) is 9.37 Å². The zero-order chi connectivity index (χ0) is 13.9. The molecule has 0 atom stereocenters. The molecule has 2 aromatic carbocycles. The van der Waals surface area contributed by atoms with Gasteiger partial charge in [-0.2, -0.15) is 0 Å². The smallest absolute Gasteiger partial charge is 0.203 e. The number of halogens is 1. The number of para-hydroxylation sites is 2. The van der Waals surface area contributed by atoms with Crippen molar-refractivity contribution in [3.8, 4) is 0 Å². The Morgan fingerprint density at radius 2 is 1.85 bits per heavy atom. The van der Waals surface area contributed by atoms with Crippen LogP contribution in [0.2, 0.25) is 0 Å². The van der Waals surface area contributed by atoms with Gasteiger partial charge in [-0.15, -0.1) is 0 Å². The zero-order valence-electron chi connectivity index (χ0n) is 11.3. The van der Waals surface area contributed by atoms with Crippen molar-refractivity contribution in [2.75, 3.05) is 11.9 Å². The lowest BCUT2D eigenvalue weighted by atomic mass is 10.1. The van der Waals surface area contributed by atoms with E-state index in [0.717, 1.165) is 35.5 Å². The molecule has 102 valence electrons. The lowest BCUT2D eigenvalue weighted by Crippen LogP contribution is -2.09. The number of hydrogen-bond donors (Lipinski definition) is 1. The van der Waals surface area contributed by atoms with Crippen LogP contribution in [0.25, 0.3) is 11.0 Å². The van der Waals surface area contributed by atoms with Crippen LogP contribution >= 0.6 is 0 Å². The van der Waals surface area contributed by atoms with E-state index in [1.54, 1.807) is 0 Å². The van der Waals surface area contributed by atoms with Crippen molar-refractivity contribution in [1.29, 1.82) is 0 Å². The number of rotatable bonds is 4. The summed E-state index contributed by atoms with van der Waals surface area (Å²) >= 11 is 0. The van der Waals surface area contributed by atoms with E-state index in [1.165, 1.54) is 12.1 Å². The standard InChI is InChI=1S/C16H16FN3/c1-20-15-5-3-2-4-14(15)19-16(20)18-11-10-12-6-8-13(17)9-7-12/h2-9H,10-11H2,1H3,(H,18,19). The molecule has 0 unspecified atom stereocenters. The number of benzene rings is 2. The van der Waals surface area contributed by atoms with Crippen molar-refractivity contribution in [2.45, 2.75) is 6.42 Å². The summed E-state index contributed by atoms with van der Waals surface area (Å²) in [6, 6.07) is 14.6. The molecule has 20 heavy (non-hydrogen) atoms. The van der Waals surface area contributed by atoms with Crippen LogP contribution in [0, 0.1) is 5.82 Å². The monoisotopic (exact) mass is 269 g/mol. The molecular weight excluding hydrogens is 253 g/mol. The summed E-state index contributed by atoms with van der Waals surface area (Å²) in [5, 5.41) is 3.32. The van der Waals surface area contributed by atoms with Crippen LogP contribution in [0.4, 0.5) is 10.3 Å². The molecule has 0 aliphatic carbocycles. The molecule has 0 saturated carbocycles. The number of anilines is 1. The maximum atomic E-state index is 12.8. The first-order chi connectivity index (χ1) is 9.74. The fraction of sp³-hybridized carbons (Fsp3) is 0.188. The highest BCUT2D eigenvalue weighted by Gasteiger charge is 2.05. The molecule has 3 nitrogen and oxygen atoms in total. The van der Waals surface area contributed by atoms with Crippen LogP contribution in [0.1, 0.15) is 5.56 Å². The number of aromatic nitrogens is 2. The maximum absolute atomic E-state index is 12.8. The van der Waals surface area contributed by atoms with E-state index in [4.69, 9.17) is 0 Å². The Labute approximate surface area is 117 Å². The van der Waals surface area contributed by atoms with Crippen molar-refractivity contribution in [3.05, 3.63) is 59.9 Å². The number of aryl methyl sites for hydroxylation is 1. The van der Waals surface area contributed by atoms with Gasteiger partial charge >= 0.3 is 0 Å². The predicted octanol–water partition coefficient (Wildman–Crippen LogP) is 3.37. The van der Waals surface area contributed by atoms with E-state index in [9.17, 15) is 4.39 Å². The summed E-state index contributed by atoms with van der Waals surface area (Å²) in [5.74, 6) is 0.658. The molecule has 0 radical (unpaired) electrons. The molecule has 3 aromatic rings. The molecule has 4 heteroatoms. The van der Waals surface area contributed by atoms with Crippen LogP contribution in [0.15, 0.2) is 48.5 Å². The summed E-state index contributed by atoms with van der Waals surface area (Å²) in [7, 11) is 2.00. The molecule has 1 aromatic heterocycles. The molecule has 0 spiro atoms. The Balaban J connectivity index is 1.68. The van der Waals surface area contributed by atoms with E-state index in [0.29, 0.717) is 0 Å². The molecule has 0 aliphatic rings. The average molecular weight is 269 g/mol. The third-order valence-corrected chi connectivity index (χ3v) is 3.40. The Morgan fingerprint density at radius 3 is 2.60 bits per heavy atom. The van der Waals surface area contributed by atoms with Gasteiger partial charge in [0.1, 0.15) is 5.82 Å². The highest BCUT2D eigenvalue weighted by Crippen LogP contribution is 2.17. The van der Waals surface area contributed by atoms with E-state index in [2.05, 4.69) is 10.3 Å². The molecule has 0 saturated heterocycles. The number of hydrogen-bond acceptors (Lipinski definition) is 2. The fourth-order valence-electron chi connectivity index (χ4n) is 2.27. The Bertz CT molecular complexity index is 716. The second kappa shape index (κ2) is 5.33. The maximum Gasteiger partial charge on any atom is 0.203 e. The van der Waals surface area contributed by atoms with Gasteiger partial charge in [-0.1, -0.05) is 24.3 Å². The van der Waals surface area contributed by atoms with Gasteiger partial charge in [0.15, 0.2) is 0 Å². The van der Waals surface area contributed by atoms with Gasteiger partial charge in [0.25, 0.3) is 0 Å². The van der Waals surface area contributed by atoms with Crippen LogP contribution in [-0.4, -0.2) is 16.1 Å². The van der Waals surface area contributed by atoms with Crippen molar-refractivity contribution >= 4 is 17.0 Å². The Morgan fingerprint density at radius 1 is 1.10 bits per heavy atom. The minimum absolute atomic E-state index is 0.197. The molecule has 0 amide bonds. The Kier molecular flexibility index (Phi) is 3.37. The van der Waals surface area contributed by atoms with Crippen LogP contribution in [-0.2, 0) is 13.5 Å². The van der Waals surface area contributed by atoms with Crippen LogP contribution < -0.4 is 5.32 Å². The van der Waals surface area contributed by atoms with Gasteiger partial charge < -0.3 is 9.88 Å². The molecular formula is C16H16FN3. The number of nitrogens with zero attached hydrogens (tertiary/aromatic N) is 2. The fourth-order valence-corrected chi connectivity index (χ4v) is 2.27. The normalized spacial score (nSPS) is 10.9. The second-order valence-corrected chi connectivity index (χ2v) is 4.79. The van der Waals surface area contributed by atoms with Crippen molar-refractivity contribution in [3.63, 3.8) is 0 Å². The minimum atomic E-state index is -0.197. The highest BCUT2D eigenvalue weighted by atomic mass is 19.1. The predicted molar refractivity (Wildman–Crippen MR) is 79.3 cm³/mol. The van der Waals surface area contributed by atoms with E-state index in [-0.39, 0.29) is 5.82 Å². The first-order valence-corrected chi connectivity index (χ1v) is 6.64. The van der Waals surface area contributed by atoms with Crippen molar-refractivity contribution < 1.29 is 4.39 Å². The second-order valence-electron chi connectivity index (χ2n) is 4.79. The lowest BCUT2D eigenvalue weighted by Gasteiger charge is -2.06. The summed E-state index contributed by atoms with van der Waals surface area (Å²) in [5.41, 5.74) is 3.20. The van der Waals surface area contributed by atoms with Crippen LogP contribution in [0.5, 0.6) is 0 Å². The average Bonchev–Trinajstić information content (AvgIpc) is 2.78. The molecule has 0 aliphatic heterocycles. The molecule has 0 fully saturated rings. The molecule has 3 rings (SSSR count). The van der Waals surface area contributed by atoms with Crippen molar-refractivity contribution in [2.24, 2.45) is 7.05 Å². The van der Waals surface area contributed by atoms with Gasteiger partial charge in [0, 0.05) is 13.6 Å². The number of nitrogens with one attached hydrogen (secondary N) is 1. The van der Waals surface area contributed by atoms with E-state index in [1.807, 2.05) is 48.0 Å². The van der Waals surface area contributed by atoms with E-state index < -0.39 is 0 Å². The number of fused-ring (bicyclic) bond motifs is 1. The summed E-state index contributed by atoms with van der Waals surface area (Å²) in [4.78, 5) is 4.55. The largest absolute Gasteiger partial charge is 0.355 e. The first-order valence-electron chi connectivity index (χ1n) is 6.64. The SMILES string of the molecule is Cn1c(NCCc2ccc(F)cc2)nc2ccccc21. The summed E-state index contributed by atoms with van der Waals surface area (Å²) in [6.45, 7) is 0.767. The third-order valence-electron chi connectivity index (χ3n) is 3.40. The van der Waals surface area contributed by atoms with Gasteiger partial charge in [-0.3, -0.25) is 0 Å². The minimum Gasteiger partial charge on any atom is -0.355 e. The first kappa shape index (κ1) is 12.7. The number of imidazole rings is 1. The molecule has 1 heterocycles. The van der Waals surface area contributed by atoms with Gasteiger partial charge in [0.05, 0.1) is 11.0 Å². The lowest BCUT2D eigenvalue weighted by molar-refractivity contribution is 0.627. The van der Waals surface area contributed by atoms with E-state index >= 15 is 0 Å². The van der Waals surface area contributed by atoms with Crippen LogP contribution in [0.3, 0.4) is 0 Å². The molecule has 0 bridgehead atoms. The summed E-state index contributed by atoms with van der Waals surface area (Å²) in [6.07, 6.45) is 0.837. The quantitative estimate of drug-likeness (QED) is 0.787. The Hall–Kier alpha value is -2.36. The third kappa shape index (κ3) is 2.50. The summed E-state index contributed by atoms with van der Waals surface area (Å²) < 4.78 is 14.9. The van der Waals surface area contributed by atoms with Gasteiger partial charge in [-0.05, 0) is 36.2 Å². The van der Waals surface area contributed by atoms with Crippen molar-refractivity contribution in [1.82, 2.24) is 9.55 Å². The van der Waals surface area contributed by atoms with Gasteiger partial charge in [0.2, 0.25) is 5.95 Å². The zero-order valence-corrected chi connectivity index (χ0v) is 11.3.